The third-order valence-electron chi connectivity index (χ3n) is 4.46. The van der Waals surface area contributed by atoms with Crippen LogP contribution in [0.1, 0.15) is 49.1 Å². The zero-order valence-corrected chi connectivity index (χ0v) is 11.0. The Morgan fingerprint density at radius 3 is 2.44 bits per heavy atom. The van der Waals surface area contributed by atoms with Gasteiger partial charge in [0.25, 0.3) is 0 Å². The maximum atomic E-state index is 9.02. The second-order valence-corrected chi connectivity index (χ2v) is 6.09. The Morgan fingerprint density at radius 2 is 1.89 bits per heavy atom. The summed E-state index contributed by atoms with van der Waals surface area (Å²) in [5, 5.41) is 12.6. The van der Waals surface area contributed by atoms with Crippen LogP contribution in [0, 0.1) is 5.41 Å². The molecule has 0 aliphatic heterocycles. The minimum atomic E-state index is 0.331. The van der Waals surface area contributed by atoms with Gasteiger partial charge in [0.15, 0.2) is 0 Å². The van der Waals surface area contributed by atoms with E-state index in [2.05, 4.69) is 29.6 Å². The Morgan fingerprint density at radius 1 is 1.17 bits per heavy atom. The average molecular weight is 245 g/mol. The van der Waals surface area contributed by atoms with Gasteiger partial charge in [-0.2, -0.15) is 0 Å². The zero-order valence-electron chi connectivity index (χ0n) is 11.0. The first-order valence-corrected chi connectivity index (χ1v) is 7.22. The number of aliphatic hydroxyl groups is 1. The van der Waals surface area contributed by atoms with Crippen molar-refractivity contribution in [2.45, 2.75) is 44.6 Å². The smallest absolute Gasteiger partial charge is 0.0436 e. The quantitative estimate of drug-likeness (QED) is 0.774. The van der Waals surface area contributed by atoms with E-state index in [4.69, 9.17) is 5.11 Å². The third kappa shape index (κ3) is 2.93. The molecule has 2 saturated carbocycles. The molecule has 3 rings (SSSR count). The molecule has 2 heteroatoms. The fourth-order valence-electron chi connectivity index (χ4n) is 2.73. The van der Waals surface area contributed by atoms with Crippen LogP contribution in [0.25, 0.3) is 0 Å². The molecule has 0 unspecified atom stereocenters. The van der Waals surface area contributed by atoms with Crippen LogP contribution >= 0.6 is 0 Å². The molecule has 2 aliphatic carbocycles. The van der Waals surface area contributed by atoms with Gasteiger partial charge in [0.2, 0.25) is 0 Å². The SMILES string of the molecule is OCCC1(CNCc2ccc(C3CC3)cc2)CC1. The summed E-state index contributed by atoms with van der Waals surface area (Å²) >= 11 is 0. The number of benzene rings is 1. The molecule has 0 bridgehead atoms. The third-order valence-corrected chi connectivity index (χ3v) is 4.46. The minimum absolute atomic E-state index is 0.331. The Hall–Kier alpha value is -0.860. The van der Waals surface area contributed by atoms with E-state index in [9.17, 15) is 0 Å². The van der Waals surface area contributed by atoms with Gasteiger partial charge in [0.05, 0.1) is 0 Å². The van der Waals surface area contributed by atoms with E-state index >= 15 is 0 Å². The average Bonchev–Trinajstić information content (AvgIpc) is 3.25. The van der Waals surface area contributed by atoms with Crippen molar-refractivity contribution in [2.75, 3.05) is 13.2 Å². The first-order chi connectivity index (χ1) is 8.81. The van der Waals surface area contributed by atoms with Gasteiger partial charge in [0.1, 0.15) is 0 Å². The van der Waals surface area contributed by atoms with E-state index < -0.39 is 0 Å². The van der Waals surface area contributed by atoms with Crippen LogP contribution in [0.3, 0.4) is 0 Å². The molecule has 2 fully saturated rings. The summed E-state index contributed by atoms with van der Waals surface area (Å²) in [4.78, 5) is 0. The van der Waals surface area contributed by atoms with Crippen molar-refractivity contribution in [1.29, 1.82) is 0 Å². The molecule has 0 spiro atoms. The molecule has 1 aromatic rings. The lowest BCUT2D eigenvalue weighted by molar-refractivity contribution is 0.245. The molecule has 2 nitrogen and oxygen atoms in total. The van der Waals surface area contributed by atoms with Crippen molar-refractivity contribution in [1.82, 2.24) is 5.32 Å². The van der Waals surface area contributed by atoms with Crippen molar-refractivity contribution < 1.29 is 5.11 Å². The summed E-state index contributed by atoms with van der Waals surface area (Å²) in [6, 6.07) is 9.09. The van der Waals surface area contributed by atoms with Crippen LogP contribution in [0.4, 0.5) is 0 Å². The first-order valence-electron chi connectivity index (χ1n) is 7.22. The highest BCUT2D eigenvalue weighted by Gasteiger charge is 2.41. The predicted octanol–water partition coefficient (Wildman–Crippen LogP) is 2.82. The topological polar surface area (TPSA) is 32.3 Å². The maximum absolute atomic E-state index is 9.02. The summed E-state index contributed by atoms with van der Waals surface area (Å²) in [7, 11) is 0. The Labute approximate surface area is 109 Å². The van der Waals surface area contributed by atoms with E-state index in [0.29, 0.717) is 12.0 Å². The Balaban J connectivity index is 1.45. The molecule has 2 aliphatic rings. The highest BCUT2D eigenvalue weighted by Crippen LogP contribution is 2.47. The van der Waals surface area contributed by atoms with Gasteiger partial charge in [-0.25, -0.2) is 0 Å². The molecule has 0 heterocycles. The summed E-state index contributed by atoms with van der Waals surface area (Å²) in [6.07, 6.45) is 6.27. The van der Waals surface area contributed by atoms with E-state index in [-0.39, 0.29) is 0 Å². The molecule has 0 aromatic heterocycles. The molecule has 18 heavy (non-hydrogen) atoms. The fourth-order valence-corrected chi connectivity index (χ4v) is 2.73. The normalized spacial score (nSPS) is 20.9. The van der Waals surface area contributed by atoms with E-state index in [1.54, 1.807) is 0 Å². The van der Waals surface area contributed by atoms with Crippen LogP contribution < -0.4 is 5.32 Å². The van der Waals surface area contributed by atoms with Crippen molar-refractivity contribution in [2.24, 2.45) is 5.41 Å². The standard InChI is InChI=1S/C16H23NO/c18-10-9-16(7-8-16)12-17-11-13-1-3-14(4-2-13)15-5-6-15/h1-4,15,17-18H,5-12H2. The number of rotatable bonds is 7. The van der Waals surface area contributed by atoms with Gasteiger partial charge in [-0.1, -0.05) is 24.3 Å². The molecule has 0 amide bonds. The van der Waals surface area contributed by atoms with Crippen molar-refractivity contribution in [3.63, 3.8) is 0 Å². The monoisotopic (exact) mass is 245 g/mol. The van der Waals surface area contributed by atoms with E-state index in [1.165, 1.54) is 36.8 Å². The fraction of sp³-hybridized carbons (Fsp3) is 0.625. The van der Waals surface area contributed by atoms with Crippen molar-refractivity contribution in [3.8, 4) is 0 Å². The summed E-state index contributed by atoms with van der Waals surface area (Å²) in [6.45, 7) is 2.34. The summed E-state index contributed by atoms with van der Waals surface area (Å²) in [5.41, 5.74) is 3.31. The van der Waals surface area contributed by atoms with Gasteiger partial charge in [-0.3, -0.25) is 0 Å². The highest BCUT2D eigenvalue weighted by molar-refractivity contribution is 5.28. The Bertz CT molecular complexity index is 390. The summed E-state index contributed by atoms with van der Waals surface area (Å²) in [5.74, 6) is 0.853. The largest absolute Gasteiger partial charge is 0.396 e. The van der Waals surface area contributed by atoms with Gasteiger partial charge in [-0.05, 0) is 54.6 Å². The molecule has 1 aromatic carbocycles. The van der Waals surface area contributed by atoms with Gasteiger partial charge in [0, 0.05) is 19.7 Å². The second kappa shape index (κ2) is 5.02. The Kier molecular flexibility index (Phi) is 3.40. The molecular formula is C16H23NO. The number of hydrogen-bond donors (Lipinski definition) is 2. The number of hydrogen-bond acceptors (Lipinski definition) is 2. The van der Waals surface area contributed by atoms with Gasteiger partial charge >= 0.3 is 0 Å². The first kappa shape index (κ1) is 12.2. The maximum Gasteiger partial charge on any atom is 0.0436 e. The zero-order chi connectivity index (χ0) is 12.4. The van der Waals surface area contributed by atoms with Crippen LogP contribution in [0.2, 0.25) is 0 Å². The minimum Gasteiger partial charge on any atom is -0.396 e. The van der Waals surface area contributed by atoms with Crippen LogP contribution in [0.5, 0.6) is 0 Å². The van der Waals surface area contributed by atoms with E-state index in [0.717, 1.165) is 25.4 Å². The van der Waals surface area contributed by atoms with Gasteiger partial charge in [-0.15, -0.1) is 0 Å². The van der Waals surface area contributed by atoms with Crippen molar-refractivity contribution >= 4 is 0 Å². The lowest BCUT2D eigenvalue weighted by Gasteiger charge is -2.14. The molecular weight excluding hydrogens is 222 g/mol. The molecule has 98 valence electrons. The molecule has 2 N–H and O–H groups in total. The predicted molar refractivity (Wildman–Crippen MR) is 73.5 cm³/mol. The van der Waals surface area contributed by atoms with E-state index in [1.807, 2.05) is 0 Å². The summed E-state index contributed by atoms with van der Waals surface area (Å²) < 4.78 is 0. The molecule has 0 radical (unpaired) electrons. The lowest BCUT2D eigenvalue weighted by atomic mass is 10.0. The second-order valence-electron chi connectivity index (χ2n) is 6.09. The highest BCUT2D eigenvalue weighted by atomic mass is 16.3. The van der Waals surface area contributed by atoms with Crippen molar-refractivity contribution in [3.05, 3.63) is 35.4 Å². The number of nitrogens with one attached hydrogen (secondary N) is 1. The van der Waals surface area contributed by atoms with Crippen LogP contribution in [-0.4, -0.2) is 18.3 Å². The lowest BCUT2D eigenvalue weighted by Crippen LogP contribution is -2.24. The molecule has 0 saturated heterocycles. The number of aliphatic hydroxyl groups excluding tert-OH is 1. The van der Waals surface area contributed by atoms with Crippen LogP contribution in [-0.2, 0) is 6.54 Å². The van der Waals surface area contributed by atoms with Gasteiger partial charge < -0.3 is 10.4 Å². The van der Waals surface area contributed by atoms with Crippen LogP contribution in [0.15, 0.2) is 24.3 Å². The molecule has 0 atom stereocenters.